The summed E-state index contributed by atoms with van der Waals surface area (Å²) in [5.41, 5.74) is 1.09. The molecule has 1 N–H and O–H groups in total. The predicted molar refractivity (Wildman–Crippen MR) is 99.8 cm³/mol. The van der Waals surface area contributed by atoms with Gasteiger partial charge in [0, 0.05) is 36.2 Å². The highest BCUT2D eigenvalue weighted by atomic mass is 35.5. The Morgan fingerprint density at radius 2 is 2.17 bits per heavy atom. The normalized spacial score (nSPS) is 19.2. The first-order valence-electron chi connectivity index (χ1n) is 7.92. The van der Waals surface area contributed by atoms with E-state index in [1.165, 1.54) is 10.6 Å². The minimum atomic E-state index is -3.22. The second-order valence-corrected chi connectivity index (χ2v) is 9.39. The van der Waals surface area contributed by atoms with Crippen molar-refractivity contribution < 1.29 is 13.2 Å². The van der Waals surface area contributed by atoms with Gasteiger partial charge in [-0.3, -0.25) is 4.79 Å². The number of halogens is 1. The van der Waals surface area contributed by atoms with Gasteiger partial charge < -0.3 is 5.32 Å². The van der Waals surface area contributed by atoms with Crippen molar-refractivity contribution in [3.8, 4) is 0 Å². The van der Waals surface area contributed by atoms with Crippen LogP contribution in [0.25, 0.3) is 0 Å². The number of hydrogen-bond donors (Lipinski definition) is 1. The smallest absolute Gasteiger partial charge is 0.224 e. The van der Waals surface area contributed by atoms with E-state index in [0.717, 1.165) is 34.9 Å². The lowest BCUT2D eigenvalue weighted by Gasteiger charge is -2.30. The number of nitrogens with one attached hydrogen (secondary N) is 1. The van der Waals surface area contributed by atoms with Gasteiger partial charge in [0.05, 0.1) is 12.2 Å². The number of benzene rings is 1. The quantitative estimate of drug-likeness (QED) is 0.726. The summed E-state index contributed by atoms with van der Waals surface area (Å²) in [5.74, 6) is 1.30. The average Bonchev–Trinajstić information content (AvgIpc) is 2.55. The van der Waals surface area contributed by atoms with Crippen LogP contribution in [-0.2, 0) is 20.6 Å². The number of piperidine rings is 1. The fourth-order valence-electron chi connectivity index (χ4n) is 2.65. The van der Waals surface area contributed by atoms with E-state index in [2.05, 4.69) is 5.32 Å². The zero-order valence-corrected chi connectivity index (χ0v) is 16.1. The molecule has 1 heterocycles. The van der Waals surface area contributed by atoms with E-state index in [1.54, 1.807) is 11.8 Å². The van der Waals surface area contributed by atoms with Gasteiger partial charge >= 0.3 is 0 Å². The molecule has 2 rings (SSSR count). The van der Waals surface area contributed by atoms with E-state index in [0.29, 0.717) is 13.1 Å². The molecular formula is C16H23ClN2O3S2. The molecule has 24 heavy (non-hydrogen) atoms. The van der Waals surface area contributed by atoms with E-state index < -0.39 is 10.0 Å². The van der Waals surface area contributed by atoms with Crippen LogP contribution in [0.15, 0.2) is 24.3 Å². The summed E-state index contributed by atoms with van der Waals surface area (Å²) >= 11 is 7.81. The van der Waals surface area contributed by atoms with Gasteiger partial charge in [-0.05, 0) is 24.5 Å². The Balaban J connectivity index is 1.69. The number of carbonyl (C=O) groups is 1. The topological polar surface area (TPSA) is 66.5 Å². The second-order valence-electron chi connectivity index (χ2n) is 5.90. The fourth-order valence-corrected chi connectivity index (χ4v) is 4.70. The minimum absolute atomic E-state index is 0.0540. The predicted octanol–water partition coefficient (Wildman–Crippen LogP) is 2.36. The second kappa shape index (κ2) is 9.08. The molecule has 1 aromatic carbocycles. The van der Waals surface area contributed by atoms with Crippen molar-refractivity contribution in [2.24, 2.45) is 5.92 Å². The van der Waals surface area contributed by atoms with Gasteiger partial charge in [-0.2, -0.15) is 11.8 Å². The Kier molecular flexibility index (Phi) is 7.40. The van der Waals surface area contributed by atoms with Crippen molar-refractivity contribution in [2.75, 3.05) is 31.6 Å². The van der Waals surface area contributed by atoms with E-state index in [-0.39, 0.29) is 18.4 Å². The Bertz CT molecular complexity index is 667. The highest BCUT2D eigenvalue weighted by molar-refractivity contribution is 7.98. The van der Waals surface area contributed by atoms with Crippen molar-refractivity contribution in [2.45, 2.75) is 18.6 Å². The van der Waals surface area contributed by atoms with Crippen molar-refractivity contribution in [3.63, 3.8) is 0 Å². The van der Waals surface area contributed by atoms with Crippen LogP contribution < -0.4 is 5.32 Å². The van der Waals surface area contributed by atoms with Crippen LogP contribution in [0.3, 0.4) is 0 Å². The molecule has 0 aromatic heterocycles. The maximum atomic E-state index is 12.2. The van der Waals surface area contributed by atoms with E-state index in [4.69, 9.17) is 11.6 Å². The molecule has 0 bridgehead atoms. The fraction of sp³-hybridized carbons (Fsp3) is 0.562. The molecule has 1 saturated heterocycles. The maximum absolute atomic E-state index is 12.2. The Morgan fingerprint density at radius 1 is 1.42 bits per heavy atom. The van der Waals surface area contributed by atoms with Crippen LogP contribution in [0.2, 0.25) is 5.02 Å². The summed E-state index contributed by atoms with van der Waals surface area (Å²) in [7, 11) is -3.22. The molecule has 1 aromatic rings. The van der Waals surface area contributed by atoms with Crippen LogP contribution in [0, 0.1) is 5.92 Å². The lowest BCUT2D eigenvalue weighted by molar-refractivity contribution is -0.125. The molecule has 0 radical (unpaired) electrons. The number of rotatable bonds is 7. The molecule has 0 unspecified atom stereocenters. The van der Waals surface area contributed by atoms with Gasteiger partial charge in [0.15, 0.2) is 0 Å². The molecule has 0 saturated carbocycles. The van der Waals surface area contributed by atoms with E-state index in [1.807, 2.05) is 24.3 Å². The summed E-state index contributed by atoms with van der Waals surface area (Å²) in [6.45, 7) is 1.37. The van der Waals surface area contributed by atoms with Crippen LogP contribution >= 0.6 is 23.4 Å². The molecule has 0 spiro atoms. The van der Waals surface area contributed by atoms with E-state index in [9.17, 15) is 13.2 Å². The highest BCUT2D eigenvalue weighted by Crippen LogP contribution is 2.21. The van der Waals surface area contributed by atoms with Crippen molar-refractivity contribution in [1.82, 2.24) is 9.62 Å². The number of carbonyl (C=O) groups excluding carboxylic acids is 1. The molecule has 0 aliphatic carbocycles. The van der Waals surface area contributed by atoms with Crippen LogP contribution in [-0.4, -0.2) is 50.3 Å². The highest BCUT2D eigenvalue weighted by Gasteiger charge is 2.29. The average molecular weight is 391 g/mol. The largest absolute Gasteiger partial charge is 0.355 e. The first kappa shape index (κ1) is 19.6. The zero-order valence-electron chi connectivity index (χ0n) is 13.7. The summed E-state index contributed by atoms with van der Waals surface area (Å²) in [6.07, 6.45) is 2.66. The Morgan fingerprint density at radius 3 is 2.88 bits per heavy atom. The van der Waals surface area contributed by atoms with E-state index >= 15 is 0 Å². The first-order chi connectivity index (χ1) is 11.4. The van der Waals surface area contributed by atoms with Crippen LogP contribution in [0.4, 0.5) is 0 Å². The number of amides is 1. The summed E-state index contributed by atoms with van der Waals surface area (Å²) in [4.78, 5) is 12.2. The van der Waals surface area contributed by atoms with Gasteiger partial charge in [-0.25, -0.2) is 12.7 Å². The van der Waals surface area contributed by atoms with Crippen LogP contribution in [0.5, 0.6) is 0 Å². The number of sulfonamides is 1. The van der Waals surface area contributed by atoms with Gasteiger partial charge in [0.1, 0.15) is 0 Å². The molecular weight excluding hydrogens is 368 g/mol. The first-order valence-corrected chi connectivity index (χ1v) is 11.3. The molecule has 1 aliphatic rings. The standard InChI is InChI=1S/C16H23ClN2O3S2/c1-24(21,22)19-9-4-6-13(11-19)16(20)18-8-10-23-12-14-5-2-3-7-15(14)17/h2-3,5,7,13H,4,6,8-12H2,1H3,(H,18,20)/t13-/m0/s1. The van der Waals surface area contributed by atoms with Crippen molar-refractivity contribution in [3.05, 3.63) is 34.9 Å². The van der Waals surface area contributed by atoms with Crippen molar-refractivity contribution in [1.29, 1.82) is 0 Å². The molecule has 1 amide bonds. The summed E-state index contributed by atoms with van der Waals surface area (Å²) < 4.78 is 24.6. The van der Waals surface area contributed by atoms with Gasteiger partial charge in [0.2, 0.25) is 15.9 Å². The molecule has 1 fully saturated rings. The molecule has 134 valence electrons. The lowest BCUT2D eigenvalue weighted by Crippen LogP contribution is -2.45. The lowest BCUT2D eigenvalue weighted by atomic mass is 9.99. The van der Waals surface area contributed by atoms with Crippen molar-refractivity contribution >= 4 is 39.3 Å². The molecule has 5 nitrogen and oxygen atoms in total. The SMILES string of the molecule is CS(=O)(=O)N1CCC[C@H](C(=O)NCCSCc2ccccc2Cl)C1. The Labute approximate surface area is 153 Å². The number of nitrogens with zero attached hydrogens (tertiary/aromatic N) is 1. The minimum Gasteiger partial charge on any atom is -0.355 e. The number of thioether (sulfide) groups is 1. The molecule has 1 atom stereocenters. The maximum Gasteiger partial charge on any atom is 0.224 e. The summed E-state index contributed by atoms with van der Waals surface area (Å²) in [5, 5.41) is 3.67. The third-order valence-electron chi connectivity index (χ3n) is 3.98. The monoisotopic (exact) mass is 390 g/mol. The third kappa shape index (κ3) is 5.95. The van der Waals surface area contributed by atoms with Gasteiger partial charge in [0.25, 0.3) is 0 Å². The Hall–Kier alpha value is -0.760. The zero-order chi connectivity index (χ0) is 17.6. The third-order valence-corrected chi connectivity index (χ3v) is 6.63. The number of hydrogen-bond acceptors (Lipinski definition) is 4. The van der Waals surface area contributed by atoms with Gasteiger partial charge in [-0.15, -0.1) is 0 Å². The van der Waals surface area contributed by atoms with Gasteiger partial charge in [-0.1, -0.05) is 29.8 Å². The molecule has 1 aliphatic heterocycles. The van der Waals surface area contributed by atoms with Crippen LogP contribution in [0.1, 0.15) is 18.4 Å². The summed E-state index contributed by atoms with van der Waals surface area (Å²) in [6, 6.07) is 7.73. The molecule has 8 heteroatoms.